The molecule has 1 aromatic carbocycles. The van der Waals surface area contributed by atoms with Crippen LogP contribution in [0.3, 0.4) is 0 Å². The summed E-state index contributed by atoms with van der Waals surface area (Å²) in [7, 11) is 0. The Morgan fingerprint density at radius 1 is 1.20 bits per heavy atom. The summed E-state index contributed by atoms with van der Waals surface area (Å²) in [5.74, 6) is 0.820. The third kappa shape index (κ3) is 4.64. The third-order valence-corrected chi connectivity index (χ3v) is 4.30. The minimum Gasteiger partial charge on any atom is -0.368 e. The first-order chi connectivity index (χ1) is 11.8. The number of aromatic nitrogens is 3. The lowest BCUT2D eigenvalue weighted by Crippen LogP contribution is -2.27. The van der Waals surface area contributed by atoms with Crippen molar-refractivity contribution in [2.45, 2.75) is 45.3 Å². The van der Waals surface area contributed by atoms with E-state index < -0.39 is 5.67 Å². The zero-order valence-electron chi connectivity index (χ0n) is 14.5. The Balaban J connectivity index is 0.00000109. The van der Waals surface area contributed by atoms with Gasteiger partial charge in [-0.25, -0.2) is 4.39 Å². The smallest absolute Gasteiger partial charge is 0.228 e. The highest BCUT2D eigenvalue weighted by molar-refractivity contribution is 8.07. The number of hydrogen-bond donors (Lipinski definition) is 2. The van der Waals surface area contributed by atoms with Gasteiger partial charge in [-0.3, -0.25) is 0 Å². The predicted molar refractivity (Wildman–Crippen MR) is 103 cm³/mol. The zero-order chi connectivity index (χ0) is 18.6. The second-order valence-electron chi connectivity index (χ2n) is 6.65. The lowest BCUT2D eigenvalue weighted by atomic mass is 9.81. The monoisotopic (exact) mass is 379 g/mol. The van der Waals surface area contributed by atoms with Crippen molar-refractivity contribution in [3.05, 3.63) is 41.2 Å². The van der Waals surface area contributed by atoms with Crippen molar-refractivity contribution in [1.82, 2.24) is 15.0 Å². The number of nitrogen functional groups attached to an aromatic ring is 1. The maximum atomic E-state index is 14.1. The lowest BCUT2D eigenvalue weighted by molar-refractivity contribution is 0.206. The van der Waals surface area contributed by atoms with Crippen LogP contribution in [0.5, 0.6) is 0 Å². The number of rotatable bonds is 3. The molecule has 1 aliphatic rings. The van der Waals surface area contributed by atoms with E-state index in [2.05, 4.69) is 67.8 Å². The van der Waals surface area contributed by atoms with Crippen molar-refractivity contribution in [2.75, 3.05) is 11.1 Å². The van der Waals surface area contributed by atoms with Crippen molar-refractivity contribution in [3.8, 4) is 0 Å². The van der Waals surface area contributed by atoms with Crippen molar-refractivity contribution in [1.29, 1.82) is 0 Å². The molecule has 5 nitrogen and oxygen atoms in total. The van der Waals surface area contributed by atoms with E-state index in [9.17, 15) is 4.39 Å². The summed E-state index contributed by atoms with van der Waals surface area (Å²) in [6.07, 6.45) is 2.15. The Morgan fingerprint density at radius 2 is 1.88 bits per heavy atom. The van der Waals surface area contributed by atoms with E-state index in [0.717, 1.165) is 12.8 Å². The van der Waals surface area contributed by atoms with Gasteiger partial charge < -0.3 is 11.1 Å². The van der Waals surface area contributed by atoms with Crippen LogP contribution in [0.2, 0.25) is 0 Å². The molecular formula is C17H22FN5S2. The molecule has 0 amide bonds. The third-order valence-electron chi connectivity index (χ3n) is 4.30. The summed E-state index contributed by atoms with van der Waals surface area (Å²) in [5.41, 5.74) is 6.63. The molecule has 0 spiro atoms. The van der Waals surface area contributed by atoms with Crippen LogP contribution >= 0.6 is 0 Å². The number of benzene rings is 1. The zero-order valence-corrected chi connectivity index (χ0v) is 16.1. The van der Waals surface area contributed by atoms with Gasteiger partial charge in [0.15, 0.2) is 11.5 Å². The van der Waals surface area contributed by atoms with Crippen molar-refractivity contribution in [3.63, 3.8) is 0 Å². The van der Waals surface area contributed by atoms with Gasteiger partial charge in [-0.15, -0.1) is 0 Å². The summed E-state index contributed by atoms with van der Waals surface area (Å²) in [4.78, 5) is 12.2. The molecule has 1 aromatic heterocycles. The van der Waals surface area contributed by atoms with Gasteiger partial charge in [0, 0.05) is 22.4 Å². The number of aryl methyl sites for hydroxylation is 1. The van der Waals surface area contributed by atoms with Crippen molar-refractivity contribution < 1.29 is 4.39 Å². The number of nitrogens with one attached hydrogen (secondary N) is 1. The number of nitrogens with zero attached hydrogens (tertiary/aromatic N) is 3. The average molecular weight is 380 g/mol. The van der Waals surface area contributed by atoms with Crippen LogP contribution in [0.15, 0.2) is 24.3 Å². The molecule has 8 heteroatoms. The number of nitrogens with two attached hydrogens (primary N) is 1. The van der Waals surface area contributed by atoms with Gasteiger partial charge in [0.1, 0.15) is 0 Å². The minimum absolute atomic E-state index is 0.0278. The summed E-state index contributed by atoms with van der Waals surface area (Å²) in [5, 5.41) is 3.33. The van der Waals surface area contributed by atoms with Gasteiger partial charge in [-0.05, 0) is 43.7 Å². The highest BCUT2D eigenvalue weighted by Gasteiger charge is 2.28. The van der Waals surface area contributed by atoms with Gasteiger partial charge >= 0.3 is 0 Å². The molecule has 134 valence electrons. The Kier molecular flexibility index (Phi) is 6.29. The molecule has 0 bridgehead atoms. The molecule has 0 radical (unpaired) electrons. The van der Waals surface area contributed by atoms with E-state index in [1.165, 1.54) is 25.0 Å². The SMILES string of the molecule is C[C@H]1CCc2ccccc2[C@@H]1Nc1nc(N)nc(C(C)(C)F)n1.S=S. The van der Waals surface area contributed by atoms with Crippen molar-refractivity contribution >= 4 is 34.3 Å². The van der Waals surface area contributed by atoms with Crippen LogP contribution in [0.1, 0.15) is 50.2 Å². The Hall–Kier alpha value is -1.80. The quantitative estimate of drug-likeness (QED) is 0.846. The van der Waals surface area contributed by atoms with E-state index in [4.69, 9.17) is 5.73 Å². The molecule has 0 unspecified atom stereocenters. The fourth-order valence-corrected chi connectivity index (χ4v) is 3.00. The predicted octanol–water partition coefficient (Wildman–Crippen LogP) is 3.39. The van der Waals surface area contributed by atoms with Crippen LogP contribution in [0.4, 0.5) is 16.3 Å². The molecule has 0 aliphatic heterocycles. The average Bonchev–Trinajstić information content (AvgIpc) is 2.58. The van der Waals surface area contributed by atoms with Gasteiger partial charge in [0.2, 0.25) is 11.9 Å². The van der Waals surface area contributed by atoms with E-state index in [-0.39, 0.29) is 17.8 Å². The lowest BCUT2D eigenvalue weighted by Gasteiger charge is -2.32. The Bertz CT molecular complexity index is 735. The van der Waals surface area contributed by atoms with Gasteiger partial charge in [0.05, 0.1) is 6.04 Å². The number of anilines is 2. The molecule has 2 aromatic rings. The topological polar surface area (TPSA) is 76.7 Å². The second-order valence-corrected chi connectivity index (χ2v) is 6.65. The summed E-state index contributed by atoms with van der Waals surface area (Å²) in [6.45, 7) is 5.01. The van der Waals surface area contributed by atoms with E-state index >= 15 is 0 Å². The molecule has 2 atom stereocenters. The van der Waals surface area contributed by atoms with E-state index in [1.807, 2.05) is 6.07 Å². The first kappa shape index (κ1) is 19.5. The minimum atomic E-state index is -1.66. The Labute approximate surface area is 157 Å². The maximum Gasteiger partial charge on any atom is 0.228 e. The molecule has 25 heavy (non-hydrogen) atoms. The molecule has 0 saturated carbocycles. The number of hydrogen-bond acceptors (Lipinski definition) is 7. The summed E-state index contributed by atoms with van der Waals surface area (Å²) in [6, 6.07) is 8.43. The number of halogens is 1. The molecule has 0 saturated heterocycles. The summed E-state index contributed by atoms with van der Waals surface area (Å²) < 4.78 is 14.1. The summed E-state index contributed by atoms with van der Waals surface area (Å²) >= 11 is 7.33. The molecular weight excluding hydrogens is 357 g/mol. The number of fused-ring (bicyclic) bond motifs is 1. The fraction of sp³-hybridized carbons (Fsp3) is 0.471. The molecule has 3 rings (SSSR count). The molecule has 1 heterocycles. The van der Waals surface area contributed by atoms with Gasteiger partial charge in [-0.2, -0.15) is 15.0 Å². The normalized spacial score (nSPS) is 19.4. The standard InChI is InChI=1S/C17H22FN5.S2/c1-10-8-9-11-6-4-5-7-12(11)13(10)20-16-22-14(17(2,3)18)21-15(19)23-16;1-2/h4-7,10,13H,8-9H2,1-3H3,(H3,19,20,21,22,23);/t10-,13+;/m0./s1. The van der Waals surface area contributed by atoms with Crippen LogP contribution in [-0.2, 0) is 34.5 Å². The van der Waals surface area contributed by atoms with E-state index in [0.29, 0.717) is 11.9 Å². The maximum absolute atomic E-state index is 14.1. The number of alkyl halides is 1. The molecule has 3 N–H and O–H groups in total. The fourth-order valence-electron chi connectivity index (χ4n) is 3.00. The van der Waals surface area contributed by atoms with Crippen LogP contribution in [-0.4, -0.2) is 15.0 Å². The first-order valence-electron chi connectivity index (χ1n) is 8.06. The van der Waals surface area contributed by atoms with Gasteiger partial charge in [-0.1, -0.05) is 31.2 Å². The van der Waals surface area contributed by atoms with Crippen LogP contribution in [0.25, 0.3) is 0 Å². The Morgan fingerprint density at radius 3 is 2.56 bits per heavy atom. The largest absolute Gasteiger partial charge is 0.368 e. The highest BCUT2D eigenvalue weighted by Crippen LogP contribution is 2.36. The van der Waals surface area contributed by atoms with E-state index in [1.54, 1.807) is 0 Å². The molecule has 0 fully saturated rings. The molecule has 1 aliphatic carbocycles. The van der Waals surface area contributed by atoms with Gasteiger partial charge in [0.25, 0.3) is 0 Å². The van der Waals surface area contributed by atoms with Crippen LogP contribution < -0.4 is 11.1 Å². The highest BCUT2D eigenvalue weighted by atomic mass is 32.8. The second kappa shape index (κ2) is 8.05. The first-order valence-corrected chi connectivity index (χ1v) is 9.40. The van der Waals surface area contributed by atoms with Crippen molar-refractivity contribution in [2.24, 2.45) is 5.92 Å². The van der Waals surface area contributed by atoms with Crippen LogP contribution in [0, 0.1) is 5.92 Å².